The van der Waals surface area contributed by atoms with Crippen molar-refractivity contribution in [3.8, 4) is 0 Å². The Bertz CT molecular complexity index is 396. The molecule has 1 amide bonds. The summed E-state index contributed by atoms with van der Waals surface area (Å²) >= 11 is 0. The number of hydrogen-bond donors (Lipinski definition) is 2. The van der Waals surface area contributed by atoms with Gasteiger partial charge in [0.25, 0.3) is 11.5 Å². The van der Waals surface area contributed by atoms with Crippen LogP contribution in [0.3, 0.4) is 0 Å². The van der Waals surface area contributed by atoms with Crippen molar-refractivity contribution in [1.29, 1.82) is 0 Å². The number of H-pyrrole nitrogens is 1. The fourth-order valence-electron chi connectivity index (χ4n) is 0.765. The largest absolute Gasteiger partial charge is 0.355 e. The summed E-state index contributed by atoms with van der Waals surface area (Å²) in [5.74, 6) is -0.635. The molecule has 0 aliphatic rings. The summed E-state index contributed by atoms with van der Waals surface area (Å²) in [4.78, 5) is 37.9. The maximum atomic E-state index is 11.1. The van der Waals surface area contributed by atoms with E-state index in [-0.39, 0.29) is 11.4 Å². The first kappa shape index (κ1) is 9.11. The maximum absolute atomic E-state index is 11.1. The van der Waals surface area contributed by atoms with E-state index in [0.717, 1.165) is 6.20 Å². The summed E-state index contributed by atoms with van der Waals surface area (Å²) in [5, 5.41) is 2.27. The summed E-state index contributed by atoms with van der Waals surface area (Å²) in [6.45, 7) is 0. The number of aldehydes is 1. The van der Waals surface area contributed by atoms with Gasteiger partial charge in [0.05, 0.1) is 0 Å². The van der Waals surface area contributed by atoms with Gasteiger partial charge in [-0.25, -0.2) is 4.98 Å². The normalized spacial score (nSPS) is 9.31. The van der Waals surface area contributed by atoms with Gasteiger partial charge in [0.2, 0.25) is 0 Å². The third kappa shape index (κ3) is 1.78. The first-order chi connectivity index (χ1) is 6.19. The molecule has 0 radical (unpaired) electrons. The van der Waals surface area contributed by atoms with Crippen LogP contribution in [0.5, 0.6) is 0 Å². The van der Waals surface area contributed by atoms with Gasteiger partial charge >= 0.3 is 0 Å². The lowest BCUT2D eigenvalue weighted by atomic mass is 10.3. The van der Waals surface area contributed by atoms with Crippen molar-refractivity contribution in [3.05, 3.63) is 27.9 Å². The molecule has 0 saturated carbocycles. The zero-order valence-corrected chi connectivity index (χ0v) is 6.83. The molecule has 0 spiro atoms. The Kier molecular flexibility index (Phi) is 2.53. The van der Waals surface area contributed by atoms with Crippen molar-refractivity contribution < 1.29 is 9.59 Å². The Morgan fingerprint density at radius 2 is 2.38 bits per heavy atom. The first-order valence-corrected chi connectivity index (χ1v) is 3.45. The topological polar surface area (TPSA) is 91.9 Å². The van der Waals surface area contributed by atoms with Crippen LogP contribution in [-0.4, -0.2) is 29.2 Å². The van der Waals surface area contributed by atoms with Gasteiger partial charge in [-0.2, -0.15) is 0 Å². The maximum Gasteiger partial charge on any atom is 0.264 e. The molecular formula is C7H7N3O3. The summed E-state index contributed by atoms with van der Waals surface area (Å²) < 4.78 is 0. The minimum atomic E-state index is -0.628. The van der Waals surface area contributed by atoms with Gasteiger partial charge in [-0.15, -0.1) is 0 Å². The lowest BCUT2D eigenvalue weighted by Crippen LogP contribution is -2.27. The monoisotopic (exact) mass is 181 g/mol. The molecule has 0 bridgehead atoms. The lowest BCUT2D eigenvalue weighted by molar-refractivity contribution is 0.0960. The Hall–Kier alpha value is -1.98. The van der Waals surface area contributed by atoms with E-state index in [1.807, 2.05) is 0 Å². The molecule has 1 heterocycles. The molecule has 2 N–H and O–H groups in total. The van der Waals surface area contributed by atoms with E-state index < -0.39 is 11.5 Å². The van der Waals surface area contributed by atoms with Crippen LogP contribution in [0, 0.1) is 0 Å². The first-order valence-electron chi connectivity index (χ1n) is 3.45. The van der Waals surface area contributed by atoms with E-state index in [4.69, 9.17) is 0 Å². The van der Waals surface area contributed by atoms with E-state index in [9.17, 15) is 14.4 Å². The average Bonchev–Trinajstić information content (AvgIpc) is 2.16. The van der Waals surface area contributed by atoms with Gasteiger partial charge in [0, 0.05) is 13.2 Å². The van der Waals surface area contributed by atoms with E-state index in [2.05, 4.69) is 15.3 Å². The zero-order chi connectivity index (χ0) is 9.84. The Labute approximate surface area is 73.0 Å². The molecule has 1 rings (SSSR count). The number of nitrogens with one attached hydrogen (secondary N) is 2. The van der Waals surface area contributed by atoms with Crippen LogP contribution in [0.15, 0.2) is 11.0 Å². The highest BCUT2D eigenvalue weighted by Gasteiger charge is 2.08. The number of aromatic nitrogens is 2. The summed E-state index contributed by atoms with van der Waals surface area (Å²) in [5.41, 5.74) is -0.746. The summed E-state index contributed by atoms with van der Waals surface area (Å²) in [6, 6.07) is 0. The molecule has 1 aromatic rings. The third-order valence-corrected chi connectivity index (χ3v) is 1.40. The van der Waals surface area contributed by atoms with Gasteiger partial charge in [-0.1, -0.05) is 0 Å². The Morgan fingerprint density at radius 3 is 2.85 bits per heavy atom. The molecule has 0 atom stereocenters. The molecule has 0 fully saturated rings. The molecule has 0 aliphatic carbocycles. The molecule has 1 aromatic heterocycles. The molecular weight excluding hydrogens is 174 g/mol. The van der Waals surface area contributed by atoms with Crippen LogP contribution < -0.4 is 10.9 Å². The number of nitrogens with zero attached hydrogens (tertiary/aromatic N) is 1. The number of rotatable bonds is 2. The summed E-state index contributed by atoms with van der Waals surface area (Å²) in [6.07, 6.45) is 1.45. The van der Waals surface area contributed by atoms with Gasteiger partial charge in [0.1, 0.15) is 5.56 Å². The molecule has 13 heavy (non-hydrogen) atoms. The number of carbonyl (C=O) groups excluding carboxylic acids is 2. The van der Waals surface area contributed by atoms with E-state index in [1.54, 1.807) is 0 Å². The van der Waals surface area contributed by atoms with Crippen molar-refractivity contribution in [2.75, 3.05) is 7.05 Å². The molecule has 6 nitrogen and oxygen atoms in total. The molecule has 0 aromatic carbocycles. The van der Waals surface area contributed by atoms with Crippen molar-refractivity contribution >= 4 is 12.2 Å². The third-order valence-electron chi connectivity index (χ3n) is 1.40. The van der Waals surface area contributed by atoms with Crippen LogP contribution in [0.4, 0.5) is 0 Å². The quantitative estimate of drug-likeness (QED) is 0.569. The van der Waals surface area contributed by atoms with Crippen molar-refractivity contribution in [1.82, 2.24) is 15.3 Å². The van der Waals surface area contributed by atoms with Gasteiger partial charge in [-0.05, 0) is 0 Å². The fourth-order valence-corrected chi connectivity index (χ4v) is 0.765. The summed E-state index contributed by atoms with van der Waals surface area (Å²) in [7, 11) is 1.40. The standard InChI is InChI=1S/C7H7N3O3/c1-8-6(12)4-2-9-5(3-11)10-7(4)13/h2-3H,1H3,(H,8,12)(H,9,10,13). The van der Waals surface area contributed by atoms with Gasteiger partial charge < -0.3 is 10.3 Å². The minimum absolute atomic E-state index is 0.0994. The highest BCUT2D eigenvalue weighted by Crippen LogP contribution is 1.87. The van der Waals surface area contributed by atoms with Crippen LogP contribution in [0.1, 0.15) is 21.0 Å². The Balaban J connectivity index is 3.20. The fraction of sp³-hybridized carbons (Fsp3) is 0.143. The van der Waals surface area contributed by atoms with Crippen LogP contribution >= 0.6 is 0 Å². The van der Waals surface area contributed by atoms with E-state index >= 15 is 0 Å². The minimum Gasteiger partial charge on any atom is -0.355 e. The second kappa shape index (κ2) is 3.61. The number of amides is 1. The SMILES string of the molecule is CNC(=O)c1cnc(C=O)[nH]c1=O. The molecule has 6 heteroatoms. The highest BCUT2D eigenvalue weighted by molar-refractivity contribution is 5.93. The van der Waals surface area contributed by atoms with Gasteiger partial charge in [-0.3, -0.25) is 14.4 Å². The predicted molar refractivity (Wildman–Crippen MR) is 43.6 cm³/mol. The van der Waals surface area contributed by atoms with Crippen LogP contribution in [-0.2, 0) is 0 Å². The smallest absolute Gasteiger partial charge is 0.264 e. The molecule has 0 aliphatic heterocycles. The van der Waals surface area contributed by atoms with E-state index in [1.165, 1.54) is 7.05 Å². The van der Waals surface area contributed by atoms with Crippen molar-refractivity contribution in [2.45, 2.75) is 0 Å². The van der Waals surface area contributed by atoms with Crippen molar-refractivity contribution in [2.24, 2.45) is 0 Å². The average molecular weight is 181 g/mol. The van der Waals surface area contributed by atoms with Gasteiger partial charge in [0.15, 0.2) is 12.1 Å². The van der Waals surface area contributed by atoms with Crippen LogP contribution in [0.25, 0.3) is 0 Å². The lowest BCUT2D eigenvalue weighted by Gasteiger charge is -1.96. The second-order valence-electron chi connectivity index (χ2n) is 2.21. The second-order valence-corrected chi connectivity index (χ2v) is 2.21. The molecule has 0 unspecified atom stereocenters. The number of aromatic amines is 1. The van der Waals surface area contributed by atoms with Crippen molar-refractivity contribution in [3.63, 3.8) is 0 Å². The highest BCUT2D eigenvalue weighted by atomic mass is 16.2. The molecule has 68 valence electrons. The molecule has 0 saturated heterocycles. The van der Waals surface area contributed by atoms with Crippen LogP contribution in [0.2, 0.25) is 0 Å². The predicted octanol–water partition coefficient (Wildman–Crippen LogP) is -1.06. The zero-order valence-electron chi connectivity index (χ0n) is 6.83. The number of carbonyl (C=O) groups is 2. The number of hydrogen-bond acceptors (Lipinski definition) is 4. The van der Waals surface area contributed by atoms with E-state index in [0.29, 0.717) is 6.29 Å². The Morgan fingerprint density at radius 1 is 1.69 bits per heavy atom.